The summed E-state index contributed by atoms with van der Waals surface area (Å²) in [6, 6.07) is 3.25. The molecule has 0 radical (unpaired) electrons. The van der Waals surface area contributed by atoms with Crippen molar-refractivity contribution < 1.29 is 82.1 Å². The number of carbonyl (C=O) groups excluding carboxylic acids is 4. The fourth-order valence-electron chi connectivity index (χ4n) is 7.36. The van der Waals surface area contributed by atoms with Crippen molar-refractivity contribution in [1.29, 1.82) is 0 Å². The van der Waals surface area contributed by atoms with Gasteiger partial charge in [-0.1, -0.05) is 71.9 Å². The molecule has 2 aliphatic rings. The molecule has 4 aromatic rings. The van der Waals surface area contributed by atoms with E-state index in [9.17, 15) is 29.4 Å². The van der Waals surface area contributed by atoms with E-state index in [4.69, 9.17) is 0 Å². The van der Waals surface area contributed by atoms with Crippen molar-refractivity contribution >= 4 is 29.3 Å². The number of nitrogens with zero attached hydrogens (tertiary/aromatic N) is 1. The number of benzene rings is 4. The van der Waals surface area contributed by atoms with Gasteiger partial charge in [0.2, 0.25) is 10.8 Å². The van der Waals surface area contributed by atoms with Gasteiger partial charge in [0, 0.05) is 0 Å². The summed E-state index contributed by atoms with van der Waals surface area (Å²) in [5, 5.41) is 22.8. The van der Waals surface area contributed by atoms with E-state index in [1.54, 1.807) is 5.32 Å². The summed E-state index contributed by atoms with van der Waals surface area (Å²) in [5.41, 5.74) is -23.3. The van der Waals surface area contributed by atoms with Gasteiger partial charge in [0.15, 0.2) is 0 Å². The van der Waals surface area contributed by atoms with Gasteiger partial charge in [0.25, 0.3) is 23.6 Å². The van der Waals surface area contributed by atoms with Gasteiger partial charge in [-0.3, -0.25) is 24.5 Å². The Kier molecular flexibility index (Phi) is 11.4. The molecule has 0 fully saturated rings. The first-order chi connectivity index (χ1) is 28.2. The molecule has 0 aliphatic carbocycles. The van der Waals surface area contributed by atoms with Crippen molar-refractivity contribution in [1.82, 2.24) is 5.32 Å². The third kappa shape index (κ3) is 7.29. The molecule has 4 amide bonds. The standard InChI is InChI=1S/C38H24F12N2O6.C4H10/c1-32(2,3)24-14-18(6-10-26(24)53)34(37(45,46)47,38(48,49)50)19-7-11-27(54)25(15-19)52-30(57)21-9-5-17(13-23(21)31(52)58)33(35(39,40)41,36(42,43)44)16-4-8-20-22(12-16)29(56)51-28(20)55;1-4(2)3/h4-15,53-54H,1-3H3,(H,51,55,56);4H,1-3H3. The number of phenols is 2. The van der Waals surface area contributed by atoms with Gasteiger partial charge in [0.05, 0.1) is 27.9 Å². The highest BCUT2D eigenvalue weighted by Crippen LogP contribution is 2.59. The van der Waals surface area contributed by atoms with Gasteiger partial charge in [0.1, 0.15) is 11.5 Å². The molecule has 0 atom stereocenters. The van der Waals surface area contributed by atoms with Gasteiger partial charge >= 0.3 is 24.7 Å². The van der Waals surface area contributed by atoms with Crippen molar-refractivity contribution in [3.05, 3.63) is 123 Å². The number of hydrogen-bond donors (Lipinski definition) is 3. The topological polar surface area (TPSA) is 124 Å². The Hall–Kier alpha value is -6.08. The van der Waals surface area contributed by atoms with Crippen LogP contribution in [0.2, 0.25) is 0 Å². The molecule has 6 rings (SSSR count). The van der Waals surface area contributed by atoms with E-state index in [1.807, 2.05) is 0 Å². The average Bonchev–Trinajstić information content (AvgIpc) is 3.52. The molecule has 62 heavy (non-hydrogen) atoms. The Morgan fingerprint density at radius 1 is 0.484 bits per heavy atom. The van der Waals surface area contributed by atoms with E-state index in [0.29, 0.717) is 30.3 Å². The Morgan fingerprint density at radius 2 is 0.839 bits per heavy atom. The Balaban J connectivity index is 0.00000174. The number of halogens is 12. The summed E-state index contributed by atoms with van der Waals surface area (Å²) < 4.78 is 181. The number of alkyl halides is 12. The number of amides is 4. The molecule has 4 aromatic carbocycles. The van der Waals surface area contributed by atoms with Crippen LogP contribution in [0.25, 0.3) is 0 Å². The molecule has 332 valence electrons. The van der Waals surface area contributed by atoms with E-state index in [0.717, 1.165) is 5.92 Å². The second-order valence-corrected chi connectivity index (χ2v) is 16.2. The Morgan fingerprint density at radius 3 is 1.29 bits per heavy atom. The lowest BCUT2D eigenvalue weighted by molar-refractivity contribution is -0.290. The van der Waals surface area contributed by atoms with Crippen LogP contribution < -0.4 is 10.2 Å². The first-order valence-electron chi connectivity index (χ1n) is 18.1. The van der Waals surface area contributed by atoms with Crippen LogP contribution >= 0.6 is 0 Å². The summed E-state index contributed by atoms with van der Waals surface area (Å²) in [7, 11) is 0. The smallest absolute Gasteiger partial charge is 0.411 e. The van der Waals surface area contributed by atoms with Crippen LogP contribution in [0.4, 0.5) is 58.4 Å². The molecule has 0 aromatic heterocycles. The highest BCUT2D eigenvalue weighted by Gasteiger charge is 2.74. The summed E-state index contributed by atoms with van der Waals surface area (Å²) in [5.74, 6) is -7.10. The van der Waals surface area contributed by atoms with Crippen molar-refractivity contribution in [2.45, 2.75) is 82.5 Å². The molecule has 0 saturated heterocycles. The average molecular weight is 891 g/mol. The van der Waals surface area contributed by atoms with Crippen LogP contribution in [-0.4, -0.2) is 58.5 Å². The van der Waals surface area contributed by atoms with Crippen molar-refractivity contribution in [3.8, 4) is 11.5 Å². The van der Waals surface area contributed by atoms with Crippen molar-refractivity contribution in [2.75, 3.05) is 4.90 Å². The van der Waals surface area contributed by atoms with E-state index in [1.165, 1.54) is 20.8 Å². The first kappa shape index (κ1) is 47.0. The van der Waals surface area contributed by atoms with Gasteiger partial charge in [-0.05, 0) is 81.6 Å². The number of anilines is 1. The molecule has 2 heterocycles. The zero-order chi connectivity index (χ0) is 47.1. The molecule has 0 bridgehead atoms. The minimum atomic E-state index is -6.34. The van der Waals surface area contributed by atoms with Gasteiger partial charge < -0.3 is 10.2 Å². The van der Waals surface area contributed by atoms with Crippen LogP contribution in [0.15, 0.2) is 72.8 Å². The number of fused-ring (bicyclic) bond motifs is 2. The molecular formula is C42H34F12N2O6. The molecule has 0 unspecified atom stereocenters. The van der Waals surface area contributed by atoms with Crippen molar-refractivity contribution in [3.63, 3.8) is 0 Å². The number of imide groups is 2. The number of rotatable bonds is 5. The van der Waals surface area contributed by atoms with Crippen molar-refractivity contribution in [2.24, 2.45) is 5.92 Å². The summed E-state index contributed by atoms with van der Waals surface area (Å²) >= 11 is 0. The number of nitrogens with one attached hydrogen (secondary N) is 1. The second-order valence-electron chi connectivity index (χ2n) is 16.2. The van der Waals surface area contributed by atoms with Crippen LogP contribution in [0.1, 0.15) is 111 Å². The van der Waals surface area contributed by atoms with Crippen LogP contribution in [-0.2, 0) is 16.2 Å². The molecule has 0 spiro atoms. The van der Waals surface area contributed by atoms with Crippen LogP contribution in [0, 0.1) is 5.92 Å². The first-order valence-corrected chi connectivity index (χ1v) is 18.1. The number of aromatic hydroxyl groups is 2. The lowest BCUT2D eigenvalue weighted by Gasteiger charge is -2.39. The maximum atomic E-state index is 15.1. The van der Waals surface area contributed by atoms with Gasteiger partial charge in [-0.2, -0.15) is 52.7 Å². The van der Waals surface area contributed by atoms with Gasteiger partial charge in [-0.25, -0.2) is 4.90 Å². The summed E-state index contributed by atoms with van der Waals surface area (Å²) in [6.45, 7) is 10.6. The largest absolute Gasteiger partial charge is 0.508 e. The van der Waals surface area contributed by atoms with Gasteiger partial charge in [-0.15, -0.1) is 0 Å². The third-order valence-corrected chi connectivity index (χ3v) is 10.1. The lowest BCUT2D eigenvalue weighted by Crippen LogP contribution is -2.55. The predicted molar refractivity (Wildman–Crippen MR) is 197 cm³/mol. The molecule has 0 saturated carbocycles. The molecule has 8 nitrogen and oxygen atoms in total. The van der Waals surface area contributed by atoms with Crippen LogP contribution in [0.3, 0.4) is 0 Å². The maximum Gasteiger partial charge on any atom is 0.411 e. The highest BCUT2D eigenvalue weighted by molar-refractivity contribution is 6.35. The minimum Gasteiger partial charge on any atom is -0.508 e. The molecule has 3 N–H and O–H groups in total. The highest BCUT2D eigenvalue weighted by atomic mass is 19.4. The Bertz CT molecular complexity index is 2460. The van der Waals surface area contributed by atoms with E-state index in [-0.39, 0.29) is 52.9 Å². The van der Waals surface area contributed by atoms with E-state index in [2.05, 4.69) is 20.8 Å². The molecular weight excluding hydrogens is 856 g/mol. The minimum absolute atomic E-state index is 0.00388. The lowest BCUT2D eigenvalue weighted by atomic mass is 9.71. The monoisotopic (exact) mass is 890 g/mol. The SMILES string of the molecule is CC(C)(C)c1cc(C(c2ccc(O)c(N3C(=O)c4ccc(C(c5ccc6c(c5)C(=O)NC6=O)(C(F)(F)F)C(F)(F)F)cc4C3=O)c2)(C(F)(F)F)C(F)(F)F)ccc1O.CC(C)C. The Labute approximate surface area is 344 Å². The maximum absolute atomic E-state index is 15.1. The second kappa shape index (κ2) is 15.1. The molecule has 2 aliphatic heterocycles. The van der Waals surface area contributed by atoms with Crippen LogP contribution in [0.5, 0.6) is 11.5 Å². The third-order valence-electron chi connectivity index (χ3n) is 10.1. The summed E-state index contributed by atoms with van der Waals surface area (Å²) in [4.78, 5) is 51.4. The fraction of sp³-hybridized carbons (Fsp3) is 0.333. The number of hydrogen-bond acceptors (Lipinski definition) is 6. The summed E-state index contributed by atoms with van der Waals surface area (Å²) in [6.07, 6.45) is -25.3. The quantitative estimate of drug-likeness (QED) is 0.135. The van der Waals surface area contributed by atoms with E-state index < -0.39 is 126 Å². The van der Waals surface area contributed by atoms with E-state index >= 15 is 52.7 Å². The predicted octanol–water partition coefficient (Wildman–Crippen LogP) is 10.6. The molecule has 20 heteroatoms. The number of phenolic OH excluding ortho intramolecular Hbond substituents is 2. The number of carbonyl (C=O) groups is 4. The normalized spacial score (nSPS) is 15.1. The zero-order valence-corrected chi connectivity index (χ0v) is 33.0. The zero-order valence-electron chi connectivity index (χ0n) is 33.0. The fourth-order valence-corrected chi connectivity index (χ4v) is 7.36.